The van der Waals surface area contributed by atoms with E-state index in [1.165, 1.54) is 25.7 Å². The maximum absolute atomic E-state index is 12.1. The van der Waals surface area contributed by atoms with E-state index in [1.54, 1.807) is 13.2 Å². The summed E-state index contributed by atoms with van der Waals surface area (Å²) in [7, 11) is 1.62. The molecule has 0 aliphatic heterocycles. The van der Waals surface area contributed by atoms with Crippen LogP contribution < -0.4 is 14.8 Å². The first kappa shape index (κ1) is 17.4. The molecule has 126 valence electrons. The van der Waals surface area contributed by atoms with Crippen LogP contribution in [0.25, 0.3) is 6.08 Å². The molecule has 0 unspecified atom stereocenters. The molecule has 0 atom stereocenters. The zero-order chi connectivity index (χ0) is 16.5. The third-order valence-corrected chi connectivity index (χ3v) is 4.12. The van der Waals surface area contributed by atoms with Crippen molar-refractivity contribution < 1.29 is 14.3 Å². The number of ether oxygens (including phenoxy) is 2. The summed E-state index contributed by atoms with van der Waals surface area (Å²) in [4.78, 5) is 12.1. The molecule has 23 heavy (non-hydrogen) atoms. The molecule has 1 fully saturated rings. The second-order valence-electron chi connectivity index (χ2n) is 5.87. The minimum Gasteiger partial charge on any atom is -0.493 e. The van der Waals surface area contributed by atoms with E-state index in [1.807, 2.05) is 31.2 Å². The Bertz CT molecular complexity index is 531. The van der Waals surface area contributed by atoms with Crippen molar-refractivity contribution in [2.45, 2.75) is 51.5 Å². The number of hydrogen-bond donors (Lipinski definition) is 1. The molecule has 1 aliphatic carbocycles. The monoisotopic (exact) mass is 317 g/mol. The van der Waals surface area contributed by atoms with Crippen LogP contribution in [-0.4, -0.2) is 25.7 Å². The molecular weight excluding hydrogens is 290 g/mol. The number of nitrogens with one attached hydrogen (secondary N) is 1. The fourth-order valence-electron chi connectivity index (χ4n) is 2.91. The first-order valence-corrected chi connectivity index (χ1v) is 8.52. The number of rotatable bonds is 6. The van der Waals surface area contributed by atoms with Gasteiger partial charge < -0.3 is 14.8 Å². The molecule has 1 aromatic rings. The summed E-state index contributed by atoms with van der Waals surface area (Å²) in [6.45, 7) is 2.51. The average molecular weight is 317 g/mol. The summed E-state index contributed by atoms with van der Waals surface area (Å²) in [5.74, 6) is 1.37. The van der Waals surface area contributed by atoms with Crippen LogP contribution in [0.4, 0.5) is 0 Å². The van der Waals surface area contributed by atoms with Crippen molar-refractivity contribution in [1.82, 2.24) is 5.32 Å². The van der Waals surface area contributed by atoms with E-state index >= 15 is 0 Å². The molecule has 1 saturated carbocycles. The first-order chi connectivity index (χ1) is 11.2. The van der Waals surface area contributed by atoms with Gasteiger partial charge in [0.25, 0.3) is 0 Å². The Morgan fingerprint density at radius 2 is 1.96 bits per heavy atom. The standard InChI is InChI=1S/C19H27NO3/c1-3-23-18-14-15(10-12-17(18)22-2)11-13-19(21)20-16-8-6-4-5-7-9-16/h10-14,16H,3-9H2,1-2H3,(H,20,21)/b13-11+. The predicted octanol–water partition coefficient (Wildman–Crippen LogP) is 3.95. The van der Waals surface area contributed by atoms with Crippen LogP contribution in [0.15, 0.2) is 24.3 Å². The van der Waals surface area contributed by atoms with Gasteiger partial charge in [-0.3, -0.25) is 4.79 Å². The lowest BCUT2D eigenvalue weighted by Gasteiger charge is -2.14. The van der Waals surface area contributed by atoms with Gasteiger partial charge in [0, 0.05) is 12.1 Å². The zero-order valence-corrected chi connectivity index (χ0v) is 14.1. The number of carbonyl (C=O) groups is 1. The summed E-state index contributed by atoms with van der Waals surface area (Å²) in [6, 6.07) is 5.98. The molecule has 0 heterocycles. The van der Waals surface area contributed by atoms with E-state index in [-0.39, 0.29) is 5.91 Å². The summed E-state index contributed by atoms with van der Waals surface area (Å²) in [5.41, 5.74) is 0.922. The molecule has 0 spiro atoms. The highest BCUT2D eigenvalue weighted by atomic mass is 16.5. The highest BCUT2D eigenvalue weighted by molar-refractivity contribution is 5.92. The Kier molecular flexibility index (Phi) is 6.98. The van der Waals surface area contributed by atoms with Gasteiger partial charge in [0.15, 0.2) is 11.5 Å². The molecule has 0 aromatic heterocycles. The lowest BCUT2D eigenvalue weighted by molar-refractivity contribution is -0.117. The molecule has 2 rings (SSSR count). The van der Waals surface area contributed by atoms with Gasteiger partial charge in [-0.2, -0.15) is 0 Å². The van der Waals surface area contributed by atoms with E-state index in [0.29, 0.717) is 24.1 Å². The summed E-state index contributed by atoms with van der Waals surface area (Å²) in [5, 5.41) is 3.11. The number of benzene rings is 1. The molecule has 1 aliphatic rings. The maximum Gasteiger partial charge on any atom is 0.244 e. The molecule has 1 aromatic carbocycles. The van der Waals surface area contributed by atoms with E-state index < -0.39 is 0 Å². The third kappa shape index (κ3) is 5.62. The topological polar surface area (TPSA) is 47.6 Å². The lowest BCUT2D eigenvalue weighted by atomic mass is 10.1. The fourth-order valence-corrected chi connectivity index (χ4v) is 2.91. The smallest absolute Gasteiger partial charge is 0.244 e. The van der Waals surface area contributed by atoms with Gasteiger partial charge in [0.05, 0.1) is 13.7 Å². The van der Waals surface area contributed by atoms with Crippen LogP contribution in [0, 0.1) is 0 Å². The number of carbonyl (C=O) groups excluding carboxylic acids is 1. The van der Waals surface area contributed by atoms with Crippen LogP contribution in [0.5, 0.6) is 11.5 Å². The van der Waals surface area contributed by atoms with Crippen LogP contribution >= 0.6 is 0 Å². The fraction of sp³-hybridized carbons (Fsp3) is 0.526. The van der Waals surface area contributed by atoms with Crippen LogP contribution in [0.2, 0.25) is 0 Å². The van der Waals surface area contributed by atoms with Gasteiger partial charge in [-0.05, 0) is 43.5 Å². The first-order valence-electron chi connectivity index (χ1n) is 8.52. The highest BCUT2D eigenvalue weighted by Gasteiger charge is 2.13. The van der Waals surface area contributed by atoms with Crippen molar-refractivity contribution >= 4 is 12.0 Å². The molecule has 0 bridgehead atoms. The van der Waals surface area contributed by atoms with E-state index in [9.17, 15) is 4.79 Å². The Morgan fingerprint density at radius 1 is 1.22 bits per heavy atom. The second kappa shape index (κ2) is 9.23. The molecule has 4 nitrogen and oxygen atoms in total. The number of methoxy groups -OCH3 is 1. The second-order valence-corrected chi connectivity index (χ2v) is 5.87. The Hall–Kier alpha value is -1.97. The summed E-state index contributed by atoms with van der Waals surface area (Å²) < 4.78 is 10.8. The Morgan fingerprint density at radius 3 is 2.61 bits per heavy atom. The van der Waals surface area contributed by atoms with Gasteiger partial charge in [0.1, 0.15) is 0 Å². The quantitative estimate of drug-likeness (QED) is 0.638. The van der Waals surface area contributed by atoms with Crippen LogP contribution in [0.1, 0.15) is 51.0 Å². The highest BCUT2D eigenvalue weighted by Crippen LogP contribution is 2.28. The van der Waals surface area contributed by atoms with Crippen molar-refractivity contribution in [2.75, 3.05) is 13.7 Å². The third-order valence-electron chi connectivity index (χ3n) is 4.12. The predicted molar refractivity (Wildman–Crippen MR) is 92.8 cm³/mol. The zero-order valence-electron chi connectivity index (χ0n) is 14.1. The average Bonchev–Trinajstić information content (AvgIpc) is 2.82. The molecule has 1 amide bonds. The number of hydrogen-bond acceptors (Lipinski definition) is 3. The van der Waals surface area contributed by atoms with Crippen molar-refractivity contribution in [3.8, 4) is 11.5 Å². The van der Waals surface area contributed by atoms with Gasteiger partial charge >= 0.3 is 0 Å². The maximum atomic E-state index is 12.1. The SMILES string of the molecule is CCOc1cc(/C=C/C(=O)NC2CCCCCC2)ccc1OC. The van der Waals surface area contributed by atoms with Crippen LogP contribution in [-0.2, 0) is 4.79 Å². The van der Waals surface area contributed by atoms with E-state index in [2.05, 4.69) is 5.32 Å². The van der Waals surface area contributed by atoms with Gasteiger partial charge in [-0.25, -0.2) is 0 Å². The van der Waals surface area contributed by atoms with E-state index in [0.717, 1.165) is 18.4 Å². The van der Waals surface area contributed by atoms with E-state index in [4.69, 9.17) is 9.47 Å². The molecular formula is C19H27NO3. The molecule has 1 N–H and O–H groups in total. The molecule has 0 radical (unpaired) electrons. The summed E-state index contributed by atoms with van der Waals surface area (Å²) >= 11 is 0. The van der Waals surface area contributed by atoms with Gasteiger partial charge in [-0.15, -0.1) is 0 Å². The Balaban J connectivity index is 1.95. The summed E-state index contributed by atoms with van der Waals surface area (Å²) in [6.07, 6.45) is 10.6. The Labute approximate surface area is 138 Å². The minimum atomic E-state index is -0.0225. The van der Waals surface area contributed by atoms with Crippen molar-refractivity contribution in [2.24, 2.45) is 0 Å². The lowest BCUT2D eigenvalue weighted by Crippen LogP contribution is -2.33. The normalized spacial score (nSPS) is 16.1. The van der Waals surface area contributed by atoms with Crippen molar-refractivity contribution in [3.05, 3.63) is 29.8 Å². The minimum absolute atomic E-state index is 0.0225. The van der Waals surface area contributed by atoms with Crippen molar-refractivity contribution in [1.29, 1.82) is 0 Å². The van der Waals surface area contributed by atoms with Crippen molar-refractivity contribution in [3.63, 3.8) is 0 Å². The largest absolute Gasteiger partial charge is 0.493 e. The van der Waals surface area contributed by atoms with Gasteiger partial charge in [-0.1, -0.05) is 31.7 Å². The molecule has 0 saturated heterocycles. The van der Waals surface area contributed by atoms with Gasteiger partial charge in [0.2, 0.25) is 5.91 Å². The van der Waals surface area contributed by atoms with Crippen LogP contribution in [0.3, 0.4) is 0 Å². The molecule has 4 heteroatoms. The number of amides is 1.